The molecule has 0 aromatic rings. The monoisotopic (exact) mass is 253 g/mol. The fourth-order valence-corrected chi connectivity index (χ4v) is 3.35. The highest BCUT2D eigenvalue weighted by atomic mass is 16.4. The third-order valence-electron chi connectivity index (χ3n) is 4.42. The summed E-state index contributed by atoms with van der Waals surface area (Å²) in [5, 5.41) is 9.68. The van der Waals surface area contributed by atoms with Crippen molar-refractivity contribution in [3.8, 4) is 0 Å². The molecule has 0 atom stereocenters. The van der Waals surface area contributed by atoms with Crippen LogP contribution in [0.25, 0.3) is 0 Å². The topological polar surface area (TPSA) is 57.6 Å². The molecule has 1 N–H and O–H groups in total. The number of carboxylic acids is 1. The van der Waals surface area contributed by atoms with Gasteiger partial charge in [-0.15, -0.1) is 0 Å². The number of likely N-dealkylation sites (tertiary alicyclic amines) is 1. The van der Waals surface area contributed by atoms with Gasteiger partial charge in [0.2, 0.25) is 5.91 Å². The van der Waals surface area contributed by atoms with Gasteiger partial charge in [0.1, 0.15) is 5.54 Å². The predicted molar refractivity (Wildman–Crippen MR) is 68.2 cm³/mol. The highest BCUT2D eigenvalue weighted by Gasteiger charge is 2.46. The van der Waals surface area contributed by atoms with Crippen molar-refractivity contribution >= 4 is 11.9 Å². The smallest absolute Gasteiger partial charge is 0.329 e. The fraction of sp³-hybridized carbons (Fsp3) is 0.857. The first-order chi connectivity index (χ1) is 8.67. The molecule has 0 aromatic heterocycles. The number of aliphatic carboxylic acids is 1. The maximum atomic E-state index is 12.2. The highest BCUT2D eigenvalue weighted by Crippen LogP contribution is 2.35. The van der Waals surface area contributed by atoms with Gasteiger partial charge >= 0.3 is 5.97 Å². The van der Waals surface area contributed by atoms with Crippen LogP contribution in [0.3, 0.4) is 0 Å². The van der Waals surface area contributed by atoms with Crippen LogP contribution >= 0.6 is 0 Å². The summed E-state index contributed by atoms with van der Waals surface area (Å²) < 4.78 is 0. The first-order valence-electron chi connectivity index (χ1n) is 7.21. The van der Waals surface area contributed by atoms with Crippen LogP contribution < -0.4 is 0 Å². The molecule has 102 valence electrons. The number of carbonyl (C=O) groups is 2. The van der Waals surface area contributed by atoms with E-state index in [9.17, 15) is 14.7 Å². The maximum absolute atomic E-state index is 12.2. The van der Waals surface area contributed by atoms with Gasteiger partial charge in [-0.05, 0) is 25.7 Å². The second kappa shape index (κ2) is 5.72. The minimum Gasteiger partial charge on any atom is -0.479 e. The van der Waals surface area contributed by atoms with E-state index in [-0.39, 0.29) is 5.91 Å². The van der Waals surface area contributed by atoms with Crippen LogP contribution in [0.5, 0.6) is 0 Å². The SMILES string of the molecule is O=C1CCCCCN1C1(C(=O)O)CCCCCC1. The maximum Gasteiger partial charge on any atom is 0.329 e. The molecular formula is C14H23NO3. The van der Waals surface area contributed by atoms with Crippen LogP contribution in [0.2, 0.25) is 0 Å². The molecule has 0 aromatic carbocycles. The number of carboxylic acid groups (broad SMARTS) is 1. The third kappa shape index (κ3) is 2.52. The van der Waals surface area contributed by atoms with Crippen LogP contribution in [0, 0.1) is 0 Å². The summed E-state index contributed by atoms with van der Waals surface area (Å²) in [5.41, 5.74) is -0.905. The lowest BCUT2D eigenvalue weighted by molar-refractivity contribution is -0.160. The number of carbonyl (C=O) groups excluding carboxylic acids is 1. The lowest BCUT2D eigenvalue weighted by Gasteiger charge is -2.40. The van der Waals surface area contributed by atoms with Gasteiger partial charge in [0.25, 0.3) is 0 Å². The Kier molecular flexibility index (Phi) is 4.25. The van der Waals surface area contributed by atoms with Crippen LogP contribution in [0.4, 0.5) is 0 Å². The van der Waals surface area contributed by atoms with E-state index >= 15 is 0 Å². The first kappa shape index (κ1) is 13.4. The lowest BCUT2D eigenvalue weighted by atomic mass is 9.87. The van der Waals surface area contributed by atoms with Crippen molar-refractivity contribution in [2.75, 3.05) is 6.54 Å². The van der Waals surface area contributed by atoms with Gasteiger partial charge in [0.15, 0.2) is 0 Å². The molecule has 0 radical (unpaired) electrons. The second-order valence-corrected chi connectivity index (χ2v) is 5.61. The summed E-state index contributed by atoms with van der Waals surface area (Å²) in [5.74, 6) is -0.739. The first-order valence-corrected chi connectivity index (χ1v) is 7.21. The van der Waals surface area contributed by atoms with Gasteiger partial charge in [-0.1, -0.05) is 32.1 Å². The van der Waals surface area contributed by atoms with Gasteiger partial charge in [0.05, 0.1) is 0 Å². The van der Waals surface area contributed by atoms with Gasteiger partial charge in [-0.25, -0.2) is 4.79 Å². The molecule has 1 heterocycles. The van der Waals surface area contributed by atoms with Crippen molar-refractivity contribution in [2.45, 2.75) is 69.7 Å². The van der Waals surface area contributed by atoms with E-state index in [1.807, 2.05) is 0 Å². The van der Waals surface area contributed by atoms with Crippen molar-refractivity contribution in [1.82, 2.24) is 4.90 Å². The third-order valence-corrected chi connectivity index (χ3v) is 4.42. The van der Waals surface area contributed by atoms with E-state index in [1.165, 1.54) is 0 Å². The van der Waals surface area contributed by atoms with Gasteiger partial charge in [-0.3, -0.25) is 4.79 Å². The molecule has 0 unspecified atom stereocenters. The van der Waals surface area contributed by atoms with Crippen molar-refractivity contribution in [2.24, 2.45) is 0 Å². The predicted octanol–water partition coefficient (Wildman–Crippen LogP) is 2.57. The van der Waals surface area contributed by atoms with E-state index in [4.69, 9.17) is 0 Å². The molecular weight excluding hydrogens is 230 g/mol. The van der Waals surface area contributed by atoms with E-state index < -0.39 is 11.5 Å². The molecule has 1 amide bonds. The highest BCUT2D eigenvalue weighted by molar-refractivity contribution is 5.87. The summed E-state index contributed by atoms with van der Waals surface area (Å²) in [7, 11) is 0. The molecule has 1 saturated carbocycles. The minimum absolute atomic E-state index is 0.0526. The zero-order chi connectivity index (χ0) is 13.0. The Balaban J connectivity index is 2.26. The summed E-state index contributed by atoms with van der Waals surface area (Å²) in [6, 6.07) is 0. The van der Waals surface area contributed by atoms with Gasteiger partial charge in [-0.2, -0.15) is 0 Å². The average molecular weight is 253 g/mol. The number of amides is 1. The zero-order valence-electron chi connectivity index (χ0n) is 11.0. The van der Waals surface area contributed by atoms with Crippen LogP contribution in [-0.4, -0.2) is 34.0 Å². The molecule has 2 aliphatic rings. The zero-order valence-corrected chi connectivity index (χ0v) is 11.0. The number of hydrogen-bond acceptors (Lipinski definition) is 2. The Morgan fingerprint density at radius 1 is 1.00 bits per heavy atom. The minimum atomic E-state index is -0.905. The number of hydrogen-bond donors (Lipinski definition) is 1. The molecule has 2 fully saturated rings. The van der Waals surface area contributed by atoms with Gasteiger partial charge < -0.3 is 10.0 Å². The van der Waals surface area contributed by atoms with Crippen molar-refractivity contribution in [3.63, 3.8) is 0 Å². The molecule has 4 nitrogen and oxygen atoms in total. The number of rotatable bonds is 2. The van der Waals surface area contributed by atoms with E-state index in [2.05, 4.69) is 0 Å². The molecule has 1 aliphatic carbocycles. The van der Waals surface area contributed by atoms with Crippen LogP contribution in [0.1, 0.15) is 64.2 Å². The Morgan fingerprint density at radius 2 is 1.61 bits per heavy atom. The molecule has 0 spiro atoms. The summed E-state index contributed by atoms with van der Waals surface area (Å²) in [6.07, 6.45) is 8.72. The normalized spacial score (nSPS) is 25.3. The molecule has 0 bridgehead atoms. The number of nitrogens with zero attached hydrogens (tertiary/aromatic N) is 1. The summed E-state index contributed by atoms with van der Waals surface area (Å²) >= 11 is 0. The Hall–Kier alpha value is -1.06. The largest absolute Gasteiger partial charge is 0.479 e. The van der Waals surface area contributed by atoms with Crippen LogP contribution in [-0.2, 0) is 9.59 Å². The molecule has 18 heavy (non-hydrogen) atoms. The van der Waals surface area contributed by atoms with Crippen molar-refractivity contribution < 1.29 is 14.7 Å². The Morgan fingerprint density at radius 3 is 2.22 bits per heavy atom. The van der Waals surface area contributed by atoms with Crippen molar-refractivity contribution in [1.29, 1.82) is 0 Å². The molecule has 4 heteroatoms. The van der Waals surface area contributed by atoms with E-state index in [0.29, 0.717) is 25.8 Å². The van der Waals surface area contributed by atoms with Gasteiger partial charge in [0, 0.05) is 13.0 Å². The summed E-state index contributed by atoms with van der Waals surface area (Å²) in [4.78, 5) is 25.7. The quantitative estimate of drug-likeness (QED) is 0.769. The fourth-order valence-electron chi connectivity index (χ4n) is 3.35. The van der Waals surface area contributed by atoms with Crippen LogP contribution in [0.15, 0.2) is 0 Å². The average Bonchev–Trinajstić information content (AvgIpc) is 2.69. The van der Waals surface area contributed by atoms with Crippen molar-refractivity contribution in [3.05, 3.63) is 0 Å². The van der Waals surface area contributed by atoms with E-state index in [0.717, 1.165) is 44.9 Å². The molecule has 1 saturated heterocycles. The molecule has 2 rings (SSSR count). The summed E-state index contributed by atoms with van der Waals surface area (Å²) in [6.45, 7) is 0.630. The second-order valence-electron chi connectivity index (χ2n) is 5.61. The lowest BCUT2D eigenvalue weighted by Crippen LogP contribution is -2.56. The van der Waals surface area contributed by atoms with E-state index in [1.54, 1.807) is 4.90 Å². The Labute approximate surface area is 108 Å². The molecule has 1 aliphatic heterocycles. The Bertz CT molecular complexity index is 319. The standard InChI is InChI=1S/C14H23NO3/c16-12-8-4-3-7-11-15(12)14(13(17)18)9-5-1-2-6-10-14/h1-11H2,(H,17,18).